The highest BCUT2D eigenvalue weighted by Gasteiger charge is 2.23. The normalized spacial score (nSPS) is 10.9. The van der Waals surface area contributed by atoms with Crippen LogP contribution in [-0.4, -0.2) is 58.7 Å². The van der Waals surface area contributed by atoms with Gasteiger partial charge in [-0.1, -0.05) is 336 Å². The van der Waals surface area contributed by atoms with Crippen molar-refractivity contribution in [3.05, 3.63) is 402 Å². The number of hydrogen-bond donors (Lipinski definition) is 6. The van der Waals surface area contributed by atoms with Gasteiger partial charge in [0.25, 0.3) is 0 Å². The van der Waals surface area contributed by atoms with E-state index in [2.05, 4.69) is 271 Å². The molecule has 4 heterocycles. The number of benzene rings is 16. The van der Waals surface area contributed by atoms with Gasteiger partial charge in [-0.15, -0.1) is 45.3 Å². The van der Waals surface area contributed by atoms with E-state index in [1.807, 2.05) is 115 Å². The summed E-state index contributed by atoms with van der Waals surface area (Å²) in [6.07, 6.45) is 0.671. The molecule has 4 aromatic heterocycles. The molecule has 0 aliphatic rings. The molecule has 18 heteroatoms. The third kappa shape index (κ3) is 20.0. The van der Waals surface area contributed by atoms with Crippen molar-refractivity contribution >= 4 is 143 Å². The lowest BCUT2D eigenvalue weighted by Crippen LogP contribution is -2.29. The molecule has 0 unspecified atom stereocenters. The SMILES string of the molecule is CC(C)(C)c1ccc(O)c(C=O)c1.Cc1ccccc1-c1nc2c(-c3ccccc3)ccc(-c3ccccc3)c2s1.Nc1ccccc1-c1nc2c(-c3ccccc3)ccc(-c3ccccc3)c2s1.OB(O)c1ccccc1.Oc1ccccc1-c1nc2c(-c3ccccc3)ccc(-c3ccccc3)c2s1.Oc1ccccc1-c1nc2c(Br)ccc(Br)c2s1. The fourth-order valence-electron chi connectivity index (χ4n) is 14.1. The van der Waals surface area contributed by atoms with Gasteiger partial charge in [0.05, 0.1) is 57.6 Å². The highest BCUT2D eigenvalue weighted by atomic mass is 79.9. The molecule has 0 bridgehead atoms. The number of carbonyl (C=O) groups is 1. The number of thiazole rings is 4. The Morgan fingerprint density at radius 1 is 0.315 bits per heavy atom. The zero-order valence-corrected chi connectivity index (χ0v) is 74.3. The van der Waals surface area contributed by atoms with Gasteiger partial charge in [-0.25, -0.2) is 19.9 Å². The summed E-state index contributed by atoms with van der Waals surface area (Å²) < 4.78 is 6.60. The van der Waals surface area contributed by atoms with Crippen LogP contribution in [0.3, 0.4) is 0 Å². The number of halogens is 2. The van der Waals surface area contributed by atoms with Gasteiger partial charge in [-0.3, -0.25) is 4.79 Å². The van der Waals surface area contributed by atoms with Crippen molar-refractivity contribution in [2.24, 2.45) is 0 Å². The van der Waals surface area contributed by atoms with Crippen LogP contribution in [0.4, 0.5) is 5.69 Å². The quantitative estimate of drug-likeness (QED) is 0.0387. The number of aromatic nitrogens is 4. The Morgan fingerprint density at radius 2 is 0.621 bits per heavy atom. The summed E-state index contributed by atoms with van der Waals surface area (Å²) in [5.74, 6) is 0.552. The van der Waals surface area contributed by atoms with E-state index in [1.165, 1.54) is 65.0 Å². The average molecular weight is 1820 g/mol. The predicted molar refractivity (Wildman–Crippen MR) is 529 cm³/mol. The second kappa shape index (κ2) is 39.8. The van der Waals surface area contributed by atoms with Crippen LogP contribution in [0.15, 0.2) is 385 Å². The molecule has 0 saturated heterocycles. The average Bonchev–Trinajstić information content (AvgIpc) is 1.61. The van der Waals surface area contributed by atoms with Crippen molar-refractivity contribution < 1.29 is 30.2 Å². The monoisotopic (exact) mass is 1820 g/mol. The molecule has 7 N–H and O–H groups in total. The fourth-order valence-corrected chi connectivity index (χ4v) is 19.8. The van der Waals surface area contributed by atoms with E-state index in [-0.39, 0.29) is 22.7 Å². The molecule has 124 heavy (non-hydrogen) atoms. The molecule has 0 saturated carbocycles. The maximum atomic E-state index is 10.5. The summed E-state index contributed by atoms with van der Waals surface area (Å²) >= 11 is 13.7. The molecule has 0 aliphatic heterocycles. The van der Waals surface area contributed by atoms with Gasteiger partial charge >= 0.3 is 7.12 Å². The fraction of sp³-hybridized carbons (Fsp3) is 0.0472. The third-order valence-corrected chi connectivity index (χ3v) is 26.6. The largest absolute Gasteiger partial charge is 0.507 e. The van der Waals surface area contributed by atoms with Crippen LogP contribution in [0.25, 0.3) is 150 Å². The first-order valence-corrected chi connectivity index (χ1v) is 44.8. The van der Waals surface area contributed by atoms with E-state index >= 15 is 0 Å². The van der Waals surface area contributed by atoms with Gasteiger partial charge in [0, 0.05) is 59.1 Å². The van der Waals surface area contributed by atoms with Crippen LogP contribution in [0.5, 0.6) is 17.2 Å². The summed E-state index contributed by atoms with van der Waals surface area (Å²) in [6.45, 7) is 8.34. The van der Waals surface area contributed by atoms with Gasteiger partial charge in [0.2, 0.25) is 0 Å². The first-order valence-electron chi connectivity index (χ1n) is 39.9. The highest BCUT2D eigenvalue weighted by molar-refractivity contribution is 9.11. The summed E-state index contributed by atoms with van der Waals surface area (Å²) in [4.78, 5) is 30.3. The van der Waals surface area contributed by atoms with Gasteiger partial charge < -0.3 is 31.1 Å². The number of nitrogens with two attached hydrogens (primary N) is 1. The number of anilines is 1. The minimum absolute atomic E-state index is 0.00542. The number of phenols is 3. The zero-order valence-electron chi connectivity index (χ0n) is 67.8. The van der Waals surface area contributed by atoms with Gasteiger partial charge in [0.15, 0.2) is 6.29 Å². The number of aldehydes is 1. The summed E-state index contributed by atoms with van der Waals surface area (Å²) in [6, 6.07) is 125. The number of para-hydroxylation sites is 3. The molecule has 0 atom stereocenters. The Balaban J connectivity index is 0.000000119. The Bertz CT molecular complexity index is 6310. The van der Waals surface area contributed by atoms with E-state index in [4.69, 9.17) is 30.7 Å². The predicted octanol–water partition coefficient (Wildman–Crippen LogP) is 28.6. The molecule has 0 amide bonds. The Morgan fingerprint density at radius 3 is 0.976 bits per heavy atom. The third-order valence-electron chi connectivity index (χ3n) is 20.5. The standard InChI is InChI=1S/C26H19NS.C25H18N2S.C25H17NOS.C13H7Br2NOS.C11H14O2.C6H7BO2/c1-18-10-8-9-15-21(18)26-27-24-22(19-11-4-2-5-12-19)16-17-23(25(24)28-26)20-13-6-3-7-14-20;26-22-14-8-7-13-21(22)25-27-23-19(17-9-3-1-4-10-17)15-16-20(24(23)28-25)18-11-5-2-6-12-18;27-22-14-8-7-13-21(22)25-26-23-19(17-9-3-1-4-10-17)15-16-20(24(23)28-25)18-11-5-2-6-12-18;14-8-5-6-9(15)12-11(8)16-13(18-12)7-3-1-2-4-10(7)17;1-11(2,3)9-4-5-10(13)8(6-9)7-12;8-7(9)6-4-2-1-3-5-6/h2-17H,1H3;1-16H,26H2;1-16,27H;1-6,17H;4-7,13H,1-3H3;1-5,8-9H. The van der Waals surface area contributed by atoms with E-state index in [1.54, 1.807) is 99.9 Å². The second-order valence-electron chi connectivity index (χ2n) is 29.9. The Kier molecular flexibility index (Phi) is 27.6. The van der Waals surface area contributed by atoms with Gasteiger partial charge in [-0.2, -0.15) is 0 Å². The Labute approximate surface area is 753 Å². The summed E-state index contributed by atoms with van der Waals surface area (Å²) in [5, 5.41) is 50.3. The minimum Gasteiger partial charge on any atom is -0.507 e. The summed E-state index contributed by atoms with van der Waals surface area (Å²) in [7, 11) is -1.34. The molecule has 0 spiro atoms. The lowest BCUT2D eigenvalue weighted by Gasteiger charge is -2.19. The van der Waals surface area contributed by atoms with Gasteiger partial charge in [-0.05, 0) is 155 Å². The number of phenolic OH excluding ortho intramolecular Hbond substituents is 3. The molecule has 11 nitrogen and oxygen atoms in total. The van der Waals surface area contributed by atoms with Crippen molar-refractivity contribution in [1.29, 1.82) is 0 Å². The lowest BCUT2D eigenvalue weighted by molar-refractivity contribution is 0.112. The summed E-state index contributed by atoms with van der Waals surface area (Å²) in [5.41, 5.74) is 32.0. The number of rotatable bonds is 12. The molecule has 20 rings (SSSR count). The molecule has 0 radical (unpaired) electrons. The molecule has 0 fully saturated rings. The maximum Gasteiger partial charge on any atom is 0.488 e. The Hall–Kier alpha value is -13.1. The molecule has 0 aliphatic carbocycles. The van der Waals surface area contributed by atoms with Crippen LogP contribution in [-0.2, 0) is 5.41 Å². The van der Waals surface area contributed by atoms with Gasteiger partial charge in [0.1, 0.15) is 37.3 Å². The van der Waals surface area contributed by atoms with Crippen molar-refractivity contribution in [2.75, 3.05) is 5.73 Å². The molecule has 20 aromatic rings. The highest BCUT2D eigenvalue weighted by Crippen LogP contribution is 2.48. The van der Waals surface area contributed by atoms with Crippen molar-refractivity contribution in [1.82, 2.24) is 19.9 Å². The van der Waals surface area contributed by atoms with Crippen LogP contribution < -0.4 is 11.2 Å². The number of carbonyl (C=O) groups excluding carboxylic acids is 1. The topological polar surface area (TPSA) is 196 Å². The van der Waals surface area contributed by atoms with E-state index < -0.39 is 7.12 Å². The second-order valence-corrected chi connectivity index (χ2v) is 35.6. The number of nitrogen functional groups attached to an aromatic ring is 1. The molecular formula is C106H82BBr2N5O6S4. The smallest absolute Gasteiger partial charge is 0.488 e. The first kappa shape index (κ1) is 85.9. The number of hydrogen-bond acceptors (Lipinski definition) is 15. The van der Waals surface area contributed by atoms with Crippen molar-refractivity contribution in [3.63, 3.8) is 0 Å². The van der Waals surface area contributed by atoms with Crippen LogP contribution >= 0.6 is 77.2 Å². The van der Waals surface area contributed by atoms with E-state index in [0.717, 1.165) is 111 Å². The van der Waals surface area contributed by atoms with E-state index in [9.17, 15) is 20.1 Å². The molecule has 608 valence electrons. The lowest BCUT2D eigenvalue weighted by atomic mass is 9.81. The van der Waals surface area contributed by atoms with E-state index in [0.29, 0.717) is 17.3 Å². The minimum atomic E-state index is -1.34. The number of aromatic hydroxyl groups is 3. The van der Waals surface area contributed by atoms with Crippen LogP contribution in [0.1, 0.15) is 42.3 Å². The number of nitrogens with zero attached hydrogens (tertiary/aromatic N) is 4. The molecule has 16 aromatic carbocycles. The van der Waals surface area contributed by atoms with Crippen LogP contribution in [0.2, 0.25) is 0 Å². The molecular weight excluding hydrogens is 1740 g/mol. The van der Waals surface area contributed by atoms with Crippen molar-refractivity contribution in [2.45, 2.75) is 33.1 Å². The van der Waals surface area contributed by atoms with Crippen LogP contribution in [0, 0.1) is 6.92 Å². The number of aryl methyl sites for hydroxylation is 1. The van der Waals surface area contributed by atoms with Crippen molar-refractivity contribution in [3.8, 4) is 126 Å². The number of fused-ring (bicyclic) bond motifs is 4. The zero-order chi connectivity index (χ0) is 86.2. The maximum absolute atomic E-state index is 10.5. The first-order chi connectivity index (χ1) is 60.3.